The topological polar surface area (TPSA) is 62.6 Å². The molecule has 150 valence electrons. The van der Waals surface area contributed by atoms with E-state index in [4.69, 9.17) is 0 Å². The molecule has 2 aromatic rings. The second-order valence-corrected chi connectivity index (χ2v) is 8.60. The molecule has 3 aliphatic rings. The van der Waals surface area contributed by atoms with Crippen molar-refractivity contribution in [3.8, 4) is 0 Å². The molecule has 0 unspecified atom stereocenters. The Bertz CT molecular complexity index is 1000. The van der Waals surface area contributed by atoms with E-state index in [-0.39, 0.29) is 29.2 Å². The van der Waals surface area contributed by atoms with E-state index in [1.54, 1.807) is 11.0 Å². The predicted octanol–water partition coefficient (Wildman–Crippen LogP) is 1.84. The number of amides is 2. The molecule has 0 saturated carbocycles. The second kappa shape index (κ2) is 7.17. The predicted molar refractivity (Wildman–Crippen MR) is 108 cm³/mol. The van der Waals surface area contributed by atoms with E-state index in [0.29, 0.717) is 45.1 Å². The molecular weight excluding hydrogens is 366 g/mol. The number of rotatable bonds is 3. The first kappa shape index (κ1) is 18.2. The third kappa shape index (κ3) is 3.37. The lowest BCUT2D eigenvalue weighted by atomic mass is 9.82. The third-order valence-electron chi connectivity index (χ3n) is 6.57. The zero-order valence-electron chi connectivity index (χ0n) is 16.4. The van der Waals surface area contributed by atoms with Gasteiger partial charge in [0, 0.05) is 56.8 Å². The number of pyridine rings is 1. The van der Waals surface area contributed by atoms with Crippen LogP contribution in [0.15, 0.2) is 53.3 Å². The fraction of sp³-hybridized carbons (Fsp3) is 0.435. The van der Waals surface area contributed by atoms with Gasteiger partial charge in [-0.05, 0) is 24.0 Å². The number of fused-ring (bicyclic) bond motifs is 4. The number of aromatic nitrogens is 1. The van der Waals surface area contributed by atoms with E-state index in [1.807, 2.05) is 51.9 Å². The van der Waals surface area contributed by atoms with Crippen molar-refractivity contribution in [2.45, 2.75) is 31.8 Å². The van der Waals surface area contributed by atoms with Crippen molar-refractivity contribution in [3.05, 3.63) is 70.1 Å². The zero-order chi connectivity index (χ0) is 20.0. The molecule has 5 rings (SSSR count). The Balaban J connectivity index is 1.28. The molecule has 3 atom stereocenters. The molecule has 2 bridgehead atoms. The molecule has 1 aromatic carbocycles. The molecule has 1 aromatic heterocycles. The van der Waals surface area contributed by atoms with Crippen molar-refractivity contribution in [2.24, 2.45) is 11.8 Å². The fourth-order valence-corrected chi connectivity index (χ4v) is 5.23. The van der Waals surface area contributed by atoms with Gasteiger partial charge in [-0.15, -0.1) is 0 Å². The van der Waals surface area contributed by atoms with Crippen LogP contribution in [0.5, 0.6) is 0 Å². The van der Waals surface area contributed by atoms with Crippen molar-refractivity contribution in [3.63, 3.8) is 0 Å². The summed E-state index contributed by atoms with van der Waals surface area (Å²) in [7, 11) is 0. The Kier molecular flexibility index (Phi) is 4.49. The van der Waals surface area contributed by atoms with Crippen LogP contribution in [0.25, 0.3) is 0 Å². The number of nitrogens with zero attached hydrogens (tertiary/aromatic N) is 3. The van der Waals surface area contributed by atoms with Crippen LogP contribution in [0, 0.1) is 11.8 Å². The lowest BCUT2D eigenvalue weighted by molar-refractivity contribution is -0.138. The summed E-state index contributed by atoms with van der Waals surface area (Å²) in [6.45, 7) is 3.06. The van der Waals surface area contributed by atoms with Gasteiger partial charge in [-0.3, -0.25) is 14.4 Å². The number of benzene rings is 1. The highest BCUT2D eigenvalue weighted by atomic mass is 16.2. The monoisotopic (exact) mass is 391 g/mol. The van der Waals surface area contributed by atoms with Gasteiger partial charge < -0.3 is 14.4 Å². The van der Waals surface area contributed by atoms with Crippen LogP contribution in [0.4, 0.5) is 0 Å². The molecule has 0 spiro atoms. The zero-order valence-corrected chi connectivity index (χ0v) is 16.4. The van der Waals surface area contributed by atoms with Crippen molar-refractivity contribution in [1.29, 1.82) is 0 Å². The standard InChI is InChI=1S/C23H25N3O3/c27-21-8-4-7-20-18-9-17(13-26(20)21)12-25(14-18)23(29)19-10-22(28)24(15-19)11-16-5-2-1-3-6-16/h1-8,17-19H,9-15H2/t17-,18+,19-/m0/s1. The van der Waals surface area contributed by atoms with Crippen LogP contribution in [0.1, 0.15) is 30.0 Å². The second-order valence-electron chi connectivity index (χ2n) is 8.60. The smallest absolute Gasteiger partial charge is 0.250 e. The summed E-state index contributed by atoms with van der Waals surface area (Å²) >= 11 is 0. The lowest BCUT2D eigenvalue weighted by Crippen LogP contribution is -2.50. The number of hydrogen-bond donors (Lipinski definition) is 0. The highest BCUT2D eigenvalue weighted by Gasteiger charge is 2.41. The highest BCUT2D eigenvalue weighted by Crippen LogP contribution is 2.36. The molecule has 6 heteroatoms. The molecule has 3 aliphatic heterocycles. The molecule has 0 radical (unpaired) electrons. The maximum atomic E-state index is 13.2. The summed E-state index contributed by atoms with van der Waals surface area (Å²) in [5, 5.41) is 0. The average Bonchev–Trinajstić information content (AvgIpc) is 3.09. The van der Waals surface area contributed by atoms with Gasteiger partial charge in [0.2, 0.25) is 11.8 Å². The molecule has 6 nitrogen and oxygen atoms in total. The Morgan fingerprint density at radius 2 is 1.76 bits per heavy atom. The number of likely N-dealkylation sites (tertiary alicyclic amines) is 2. The van der Waals surface area contributed by atoms with Crippen molar-refractivity contribution in [2.75, 3.05) is 19.6 Å². The normalized spacial score (nSPS) is 25.8. The molecule has 2 amide bonds. The summed E-state index contributed by atoms with van der Waals surface area (Å²) in [6, 6.07) is 15.3. The van der Waals surface area contributed by atoms with Gasteiger partial charge in [-0.25, -0.2) is 0 Å². The number of hydrogen-bond acceptors (Lipinski definition) is 3. The molecule has 4 heterocycles. The van der Waals surface area contributed by atoms with Crippen molar-refractivity contribution >= 4 is 11.8 Å². The van der Waals surface area contributed by atoms with Gasteiger partial charge in [0.25, 0.3) is 5.56 Å². The minimum absolute atomic E-state index is 0.0509. The average molecular weight is 391 g/mol. The fourth-order valence-electron chi connectivity index (χ4n) is 5.23. The van der Waals surface area contributed by atoms with Crippen molar-refractivity contribution < 1.29 is 9.59 Å². The minimum atomic E-state index is -0.261. The Morgan fingerprint density at radius 3 is 2.59 bits per heavy atom. The van der Waals surface area contributed by atoms with E-state index in [9.17, 15) is 14.4 Å². The summed E-state index contributed by atoms with van der Waals surface area (Å²) in [5.74, 6) is 0.403. The van der Waals surface area contributed by atoms with Gasteiger partial charge in [0.15, 0.2) is 0 Å². The maximum Gasteiger partial charge on any atom is 0.250 e. The summed E-state index contributed by atoms with van der Waals surface area (Å²) < 4.78 is 1.88. The quantitative estimate of drug-likeness (QED) is 0.802. The van der Waals surface area contributed by atoms with E-state index in [0.717, 1.165) is 17.7 Å². The first-order valence-electron chi connectivity index (χ1n) is 10.4. The summed E-state index contributed by atoms with van der Waals surface area (Å²) in [5.41, 5.74) is 2.18. The molecule has 0 aliphatic carbocycles. The largest absolute Gasteiger partial charge is 0.341 e. The van der Waals surface area contributed by atoms with Crippen molar-refractivity contribution in [1.82, 2.24) is 14.4 Å². The van der Waals surface area contributed by atoms with Gasteiger partial charge in [0.05, 0.1) is 5.92 Å². The van der Waals surface area contributed by atoms with E-state index < -0.39 is 0 Å². The van der Waals surface area contributed by atoms with Gasteiger partial charge in [-0.1, -0.05) is 36.4 Å². The third-order valence-corrected chi connectivity index (χ3v) is 6.57. The number of carbonyl (C=O) groups excluding carboxylic acids is 2. The van der Waals surface area contributed by atoms with Crippen LogP contribution in [-0.4, -0.2) is 45.8 Å². The Labute approximate surface area is 169 Å². The van der Waals surface area contributed by atoms with Crippen LogP contribution in [0.2, 0.25) is 0 Å². The SMILES string of the molecule is O=C1C[C@H](C(=O)N2C[C@@H]3C[C@H](C2)c2cccc(=O)n2C3)CN1Cc1ccccc1. The van der Waals surface area contributed by atoms with E-state index in [1.165, 1.54) is 0 Å². The van der Waals surface area contributed by atoms with Gasteiger partial charge in [-0.2, -0.15) is 0 Å². The van der Waals surface area contributed by atoms with Gasteiger partial charge >= 0.3 is 0 Å². The summed E-state index contributed by atoms with van der Waals surface area (Å²) in [4.78, 5) is 41.7. The van der Waals surface area contributed by atoms with Gasteiger partial charge in [0.1, 0.15) is 0 Å². The lowest BCUT2D eigenvalue weighted by Gasteiger charge is -2.43. The van der Waals surface area contributed by atoms with Crippen LogP contribution >= 0.6 is 0 Å². The van der Waals surface area contributed by atoms with Crippen LogP contribution in [-0.2, 0) is 22.7 Å². The maximum absolute atomic E-state index is 13.2. The molecule has 29 heavy (non-hydrogen) atoms. The minimum Gasteiger partial charge on any atom is -0.341 e. The molecule has 2 saturated heterocycles. The van der Waals surface area contributed by atoms with E-state index in [2.05, 4.69) is 0 Å². The first-order chi connectivity index (χ1) is 14.1. The molecular formula is C23H25N3O3. The first-order valence-corrected chi connectivity index (χ1v) is 10.4. The number of piperidine rings is 1. The van der Waals surface area contributed by atoms with Crippen LogP contribution in [0.3, 0.4) is 0 Å². The summed E-state index contributed by atoms with van der Waals surface area (Å²) in [6.07, 6.45) is 1.32. The molecule has 2 fully saturated rings. The molecule has 0 N–H and O–H groups in total. The number of carbonyl (C=O) groups is 2. The Morgan fingerprint density at radius 1 is 0.931 bits per heavy atom. The van der Waals surface area contributed by atoms with E-state index >= 15 is 0 Å². The Hall–Kier alpha value is -2.89. The van der Waals surface area contributed by atoms with Crippen LogP contribution < -0.4 is 5.56 Å². The highest BCUT2D eigenvalue weighted by molar-refractivity contribution is 5.89.